The van der Waals surface area contributed by atoms with Gasteiger partial charge in [0.15, 0.2) is 5.11 Å². The molecule has 0 saturated carbocycles. The molecular weight excluding hydrogens is 514 g/mol. The highest BCUT2D eigenvalue weighted by Crippen LogP contribution is 2.20. The van der Waals surface area contributed by atoms with E-state index in [0.717, 1.165) is 18.6 Å². The monoisotopic (exact) mass is 547 g/mol. The van der Waals surface area contributed by atoms with Crippen LogP contribution in [0, 0.1) is 0 Å². The summed E-state index contributed by atoms with van der Waals surface area (Å²) in [6, 6.07) is 23.9. The summed E-state index contributed by atoms with van der Waals surface area (Å²) in [4.78, 5) is 37.1. The molecule has 0 radical (unpaired) electrons. The Morgan fingerprint density at radius 1 is 0.821 bits per heavy atom. The number of hydrogen-bond donors (Lipinski definition) is 3. The second kappa shape index (κ2) is 15.9. The van der Waals surface area contributed by atoms with Gasteiger partial charge in [-0.05, 0) is 80.4 Å². The highest BCUT2D eigenvalue weighted by atomic mass is 32.1. The summed E-state index contributed by atoms with van der Waals surface area (Å²) in [5.74, 6) is -0.280. The standard InChI is InChI=1S/C30H33N3O5S/c1-2-37-24-19-17-23(18-20-24)31-29(36)25-13-6-7-14-26(25)32-30(39)33-27(34)15-8-16-28(35)38-21-9-12-22-10-4-3-5-11-22/h3-7,10-11,13-14,17-20H,2,8-9,12,15-16,21H2,1H3,(H,31,36)(H2,32,33,34,39). The van der Waals surface area contributed by atoms with Crippen molar-refractivity contribution in [3.05, 3.63) is 90.0 Å². The Hall–Kier alpha value is -4.24. The molecule has 0 heterocycles. The zero-order chi connectivity index (χ0) is 27.9. The van der Waals surface area contributed by atoms with Crippen LogP contribution in [0.5, 0.6) is 5.75 Å². The SMILES string of the molecule is CCOc1ccc(NC(=O)c2ccccc2NC(=S)NC(=O)CCCC(=O)OCCCc2ccccc2)cc1. The largest absolute Gasteiger partial charge is 0.494 e. The van der Waals surface area contributed by atoms with E-state index in [1.54, 1.807) is 48.5 Å². The average Bonchev–Trinajstić information content (AvgIpc) is 2.93. The van der Waals surface area contributed by atoms with Gasteiger partial charge in [0.2, 0.25) is 5.91 Å². The minimum absolute atomic E-state index is 0.0600. The zero-order valence-electron chi connectivity index (χ0n) is 21.9. The van der Waals surface area contributed by atoms with Gasteiger partial charge in [0.1, 0.15) is 5.75 Å². The number of carbonyl (C=O) groups is 3. The van der Waals surface area contributed by atoms with E-state index in [1.807, 2.05) is 37.3 Å². The maximum atomic E-state index is 12.9. The van der Waals surface area contributed by atoms with Crippen LogP contribution in [0.25, 0.3) is 0 Å². The molecule has 0 unspecified atom stereocenters. The Labute approximate surface area is 234 Å². The number of rotatable bonds is 13. The van der Waals surface area contributed by atoms with Crippen LogP contribution < -0.4 is 20.7 Å². The van der Waals surface area contributed by atoms with Crippen LogP contribution in [-0.4, -0.2) is 36.1 Å². The quantitative estimate of drug-likeness (QED) is 0.147. The van der Waals surface area contributed by atoms with Crippen LogP contribution in [0.15, 0.2) is 78.9 Å². The summed E-state index contributed by atoms with van der Waals surface area (Å²) in [6.07, 6.45) is 2.19. The molecule has 2 amide bonds. The molecule has 0 aromatic heterocycles. The average molecular weight is 548 g/mol. The number of aryl methyl sites for hydroxylation is 1. The highest BCUT2D eigenvalue weighted by Gasteiger charge is 2.14. The highest BCUT2D eigenvalue weighted by molar-refractivity contribution is 7.80. The van der Waals surface area contributed by atoms with E-state index < -0.39 is 0 Å². The van der Waals surface area contributed by atoms with Crippen molar-refractivity contribution in [2.75, 3.05) is 23.8 Å². The van der Waals surface area contributed by atoms with Gasteiger partial charge in [0.25, 0.3) is 5.91 Å². The Bertz CT molecular complexity index is 1250. The molecule has 3 rings (SSSR count). The lowest BCUT2D eigenvalue weighted by Gasteiger charge is -2.14. The summed E-state index contributed by atoms with van der Waals surface area (Å²) in [5, 5.41) is 8.40. The number of hydrogen-bond acceptors (Lipinski definition) is 6. The number of para-hydroxylation sites is 1. The molecule has 9 heteroatoms. The van der Waals surface area contributed by atoms with Crippen molar-refractivity contribution in [2.45, 2.75) is 39.0 Å². The van der Waals surface area contributed by atoms with E-state index in [2.05, 4.69) is 16.0 Å². The first kappa shape index (κ1) is 29.3. The maximum Gasteiger partial charge on any atom is 0.305 e. The van der Waals surface area contributed by atoms with E-state index in [4.69, 9.17) is 21.7 Å². The lowest BCUT2D eigenvalue weighted by molar-refractivity contribution is -0.143. The van der Waals surface area contributed by atoms with Gasteiger partial charge < -0.3 is 25.4 Å². The topological polar surface area (TPSA) is 106 Å². The van der Waals surface area contributed by atoms with Gasteiger partial charge in [0.05, 0.1) is 24.5 Å². The Morgan fingerprint density at radius 2 is 1.54 bits per heavy atom. The van der Waals surface area contributed by atoms with E-state index in [9.17, 15) is 14.4 Å². The van der Waals surface area contributed by atoms with Gasteiger partial charge in [-0.15, -0.1) is 0 Å². The summed E-state index contributed by atoms with van der Waals surface area (Å²) < 4.78 is 10.7. The van der Waals surface area contributed by atoms with E-state index in [1.165, 1.54) is 5.56 Å². The predicted molar refractivity (Wildman–Crippen MR) is 156 cm³/mol. The van der Waals surface area contributed by atoms with Gasteiger partial charge in [-0.2, -0.15) is 0 Å². The third-order valence-electron chi connectivity index (χ3n) is 5.60. The molecule has 3 aromatic carbocycles. The van der Waals surface area contributed by atoms with Crippen LogP contribution in [-0.2, 0) is 20.7 Å². The third-order valence-corrected chi connectivity index (χ3v) is 5.80. The van der Waals surface area contributed by atoms with Gasteiger partial charge >= 0.3 is 5.97 Å². The van der Waals surface area contributed by atoms with Gasteiger partial charge in [-0.1, -0.05) is 42.5 Å². The number of ether oxygens (including phenoxy) is 2. The molecule has 0 aliphatic heterocycles. The normalized spacial score (nSPS) is 10.3. The fraction of sp³-hybridized carbons (Fsp3) is 0.267. The second-order valence-electron chi connectivity index (χ2n) is 8.62. The van der Waals surface area contributed by atoms with Gasteiger partial charge in [0, 0.05) is 18.5 Å². The Kier molecular flexibility index (Phi) is 11.9. The number of nitrogens with one attached hydrogen (secondary N) is 3. The molecule has 8 nitrogen and oxygen atoms in total. The summed E-state index contributed by atoms with van der Waals surface area (Å²) in [6.45, 7) is 2.81. The number of benzene rings is 3. The van der Waals surface area contributed by atoms with Crippen molar-refractivity contribution in [1.82, 2.24) is 5.32 Å². The Balaban J connectivity index is 1.38. The minimum atomic E-state index is -0.335. The van der Waals surface area contributed by atoms with E-state index >= 15 is 0 Å². The maximum absolute atomic E-state index is 12.9. The van der Waals surface area contributed by atoms with Crippen LogP contribution in [0.2, 0.25) is 0 Å². The molecule has 0 atom stereocenters. The van der Waals surface area contributed by atoms with Crippen molar-refractivity contribution in [3.8, 4) is 5.75 Å². The molecule has 0 spiro atoms. The molecule has 0 fully saturated rings. The first-order chi connectivity index (χ1) is 18.9. The summed E-state index contributed by atoms with van der Waals surface area (Å²) >= 11 is 5.26. The Morgan fingerprint density at radius 3 is 2.28 bits per heavy atom. The van der Waals surface area contributed by atoms with E-state index in [0.29, 0.717) is 36.6 Å². The summed E-state index contributed by atoms with van der Waals surface area (Å²) in [5.41, 5.74) is 2.62. The molecular formula is C30H33N3O5S. The van der Waals surface area contributed by atoms with E-state index in [-0.39, 0.29) is 35.7 Å². The number of esters is 1. The predicted octanol–water partition coefficient (Wildman–Crippen LogP) is 5.50. The van der Waals surface area contributed by atoms with Gasteiger partial charge in [-0.25, -0.2) is 0 Å². The second-order valence-corrected chi connectivity index (χ2v) is 9.03. The van der Waals surface area contributed by atoms with Crippen LogP contribution in [0.1, 0.15) is 48.5 Å². The van der Waals surface area contributed by atoms with Crippen LogP contribution >= 0.6 is 12.2 Å². The number of thiocarbonyl (C=S) groups is 1. The first-order valence-electron chi connectivity index (χ1n) is 12.9. The molecule has 0 aliphatic carbocycles. The zero-order valence-corrected chi connectivity index (χ0v) is 22.7. The fourth-order valence-corrected chi connectivity index (χ4v) is 3.93. The number of carbonyl (C=O) groups excluding carboxylic acids is 3. The summed E-state index contributed by atoms with van der Waals surface area (Å²) in [7, 11) is 0. The van der Waals surface area contributed by atoms with Crippen LogP contribution in [0.4, 0.5) is 11.4 Å². The number of amides is 2. The fourth-order valence-electron chi connectivity index (χ4n) is 3.70. The molecule has 0 saturated heterocycles. The smallest absolute Gasteiger partial charge is 0.305 e. The lowest BCUT2D eigenvalue weighted by Crippen LogP contribution is -2.34. The van der Waals surface area contributed by atoms with Crippen molar-refractivity contribution < 1.29 is 23.9 Å². The molecule has 39 heavy (non-hydrogen) atoms. The van der Waals surface area contributed by atoms with Crippen molar-refractivity contribution in [2.24, 2.45) is 0 Å². The molecule has 0 bridgehead atoms. The molecule has 3 aromatic rings. The van der Waals surface area contributed by atoms with Crippen LogP contribution in [0.3, 0.4) is 0 Å². The minimum Gasteiger partial charge on any atom is -0.494 e. The molecule has 3 N–H and O–H groups in total. The van der Waals surface area contributed by atoms with Gasteiger partial charge in [-0.3, -0.25) is 14.4 Å². The lowest BCUT2D eigenvalue weighted by atomic mass is 10.1. The first-order valence-corrected chi connectivity index (χ1v) is 13.3. The van der Waals surface area contributed by atoms with Crippen molar-refractivity contribution in [3.63, 3.8) is 0 Å². The molecule has 0 aliphatic rings. The third kappa shape index (κ3) is 10.6. The molecule has 204 valence electrons. The number of anilines is 2. The van der Waals surface area contributed by atoms with Crippen molar-refractivity contribution >= 4 is 46.5 Å². The van der Waals surface area contributed by atoms with Crippen molar-refractivity contribution in [1.29, 1.82) is 0 Å².